The smallest absolute Gasteiger partial charge is 0.0431 e. The first-order valence-electron chi connectivity index (χ1n) is 3.92. The quantitative estimate of drug-likeness (QED) is 0.605. The molecule has 0 unspecified atom stereocenters. The average molecular weight is 130 g/mol. The van der Waals surface area contributed by atoms with Gasteiger partial charge in [0.25, 0.3) is 0 Å². The molecule has 0 amide bonds. The van der Waals surface area contributed by atoms with E-state index in [2.05, 4.69) is 13.8 Å². The van der Waals surface area contributed by atoms with Crippen molar-refractivity contribution in [2.45, 2.75) is 39.5 Å². The van der Waals surface area contributed by atoms with E-state index in [0.717, 1.165) is 12.3 Å². The van der Waals surface area contributed by atoms with Crippen LogP contribution in [0.2, 0.25) is 0 Å². The predicted octanol–water partition coefficient (Wildman–Crippen LogP) is 2.20. The number of hydrogen-bond acceptors (Lipinski definition) is 1. The van der Waals surface area contributed by atoms with E-state index in [1.54, 1.807) is 0 Å². The van der Waals surface area contributed by atoms with Gasteiger partial charge in [-0.25, -0.2) is 0 Å². The van der Waals surface area contributed by atoms with Gasteiger partial charge in [0.1, 0.15) is 0 Å². The molecule has 0 aromatic heterocycles. The zero-order chi connectivity index (χ0) is 7.11. The topological polar surface area (TPSA) is 20.2 Å². The minimum atomic E-state index is 0.355. The Morgan fingerprint density at radius 2 is 2.00 bits per heavy atom. The molecule has 9 heavy (non-hydrogen) atoms. The lowest BCUT2D eigenvalue weighted by Gasteiger charge is -2.06. The summed E-state index contributed by atoms with van der Waals surface area (Å²) in [6.45, 7) is 4.81. The molecule has 0 saturated heterocycles. The van der Waals surface area contributed by atoms with Crippen molar-refractivity contribution in [2.75, 3.05) is 6.61 Å². The molecule has 56 valence electrons. The van der Waals surface area contributed by atoms with Crippen molar-refractivity contribution < 1.29 is 5.11 Å². The van der Waals surface area contributed by atoms with Gasteiger partial charge in [-0.2, -0.15) is 0 Å². The van der Waals surface area contributed by atoms with Crippen molar-refractivity contribution in [1.82, 2.24) is 0 Å². The van der Waals surface area contributed by atoms with Crippen molar-refractivity contribution in [1.29, 1.82) is 0 Å². The molecule has 0 aliphatic carbocycles. The van der Waals surface area contributed by atoms with Crippen LogP contribution in [-0.2, 0) is 0 Å². The molecule has 1 heteroatoms. The molecule has 0 heterocycles. The van der Waals surface area contributed by atoms with Gasteiger partial charge in [0.2, 0.25) is 0 Å². The Bertz CT molecular complexity index is 52.5. The standard InChI is InChI=1S/C8H18O/c1-3-5-8(2)6-4-7-9/h8-9H,3-7H2,1-2H3/t8-/m0/s1. The molecule has 0 aliphatic heterocycles. The van der Waals surface area contributed by atoms with E-state index in [1.165, 1.54) is 19.3 Å². The second-order valence-corrected chi connectivity index (χ2v) is 2.76. The maximum absolute atomic E-state index is 8.48. The van der Waals surface area contributed by atoms with Gasteiger partial charge in [-0.1, -0.05) is 26.7 Å². The molecule has 0 aromatic carbocycles. The zero-order valence-electron chi connectivity index (χ0n) is 6.56. The molecule has 0 rings (SSSR count). The van der Waals surface area contributed by atoms with Crippen LogP contribution in [-0.4, -0.2) is 11.7 Å². The summed E-state index contributed by atoms with van der Waals surface area (Å²) in [5, 5.41) is 8.48. The number of hydrogen-bond donors (Lipinski definition) is 1. The lowest BCUT2D eigenvalue weighted by atomic mass is 10.0. The normalized spacial score (nSPS) is 13.7. The first-order chi connectivity index (χ1) is 4.31. The minimum absolute atomic E-state index is 0.355. The first-order valence-corrected chi connectivity index (χ1v) is 3.92. The maximum Gasteiger partial charge on any atom is 0.0431 e. The van der Waals surface area contributed by atoms with Gasteiger partial charge < -0.3 is 5.11 Å². The van der Waals surface area contributed by atoms with E-state index in [-0.39, 0.29) is 0 Å². The van der Waals surface area contributed by atoms with Gasteiger partial charge in [0, 0.05) is 6.61 Å². The summed E-state index contributed by atoms with van der Waals surface area (Å²) >= 11 is 0. The Morgan fingerprint density at radius 1 is 1.33 bits per heavy atom. The van der Waals surface area contributed by atoms with Crippen LogP contribution in [0.3, 0.4) is 0 Å². The molecule has 0 aromatic rings. The summed E-state index contributed by atoms with van der Waals surface area (Å²) in [7, 11) is 0. The summed E-state index contributed by atoms with van der Waals surface area (Å²) in [5.74, 6) is 0.808. The van der Waals surface area contributed by atoms with Gasteiger partial charge in [0.15, 0.2) is 0 Å². The van der Waals surface area contributed by atoms with Gasteiger partial charge in [-0.3, -0.25) is 0 Å². The highest BCUT2D eigenvalue weighted by molar-refractivity contribution is 4.50. The molecular formula is C8H18O. The van der Waals surface area contributed by atoms with Crippen LogP contribution in [0.1, 0.15) is 39.5 Å². The average Bonchev–Trinajstić information content (AvgIpc) is 1.85. The number of rotatable bonds is 5. The van der Waals surface area contributed by atoms with E-state index in [4.69, 9.17) is 5.11 Å². The summed E-state index contributed by atoms with van der Waals surface area (Å²) in [4.78, 5) is 0. The van der Waals surface area contributed by atoms with Crippen molar-refractivity contribution in [3.63, 3.8) is 0 Å². The van der Waals surface area contributed by atoms with Crippen LogP contribution >= 0.6 is 0 Å². The van der Waals surface area contributed by atoms with Crippen LogP contribution in [0.4, 0.5) is 0 Å². The summed E-state index contributed by atoms with van der Waals surface area (Å²) in [5.41, 5.74) is 0. The van der Waals surface area contributed by atoms with Crippen LogP contribution in [0, 0.1) is 5.92 Å². The van der Waals surface area contributed by atoms with Crippen molar-refractivity contribution in [3.05, 3.63) is 0 Å². The Morgan fingerprint density at radius 3 is 2.44 bits per heavy atom. The highest BCUT2D eigenvalue weighted by Gasteiger charge is 1.97. The molecule has 1 N–H and O–H groups in total. The van der Waals surface area contributed by atoms with E-state index < -0.39 is 0 Å². The molecule has 0 fully saturated rings. The third-order valence-corrected chi connectivity index (χ3v) is 1.64. The second kappa shape index (κ2) is 6.09. The van der Waals surface area contributed by atoms with Gasteiger partial charge in [0.05, 0.1) is 0 Å². The van der Waals surface area contributed by atoms with Crippen molar-refractivity contribution >= 4 is 0 Å². The third-order valence-electron chi connectivity index (χ3n) is 1.64. The van der Waals surface area contributed by atoms with E-state index in [9.17, 15) is 0 Å². The van der Waals surface area contributed by atoms with E-state index >= 15 is 0 Å². The van der Waals surface area contributed by atoms with E-state index in [0.29, 0.717) is 6.61 Å². The maximum atomic E-state index is 8.48. The lowest BCUT2D eigenvalue weighted by molar-refractivity contribution is 0.271. The van der Waals surface area contributed by atoms with Crippen LogP contribution in [0.25, 0.3) is 0 Å². The van der Waals surface area contributed by atoms with Crippen LogP contribution < -0.4 is 0 Å². The van der Waals surface area contributed by atoms with Gasteiger partial charge in [-0.05, 0) is 18.8 Å². The fourth-order valence-electron chi connectivity index (χ4n) is 1.08. The van der Waals surface area contributed by atoms with Crippen molar-refractivity contribution in [2.24, 2.45) is 5.92 Å². The first kappa shape index (κ1) is 8.96. The molecule has 0 radical (unpaired) electrons. The molecule has 0 aliphatic rings. The fraction of sp³-hybridized carbons (Fsp3) is 1.00. The highest BCUT2D eigenvalue weighted by Crippen LogP contribution is 2.10. The zero-order valence-corrected chi connectivity index (χ0v) is 6.56. The monoisotopic (exact) mass is 130 g/mol. The Kier molecular flexibility index (Phi) is 6.06. The Balaban J connectivity index is 2.95. The third kappa shape index (κ3) is 5.84. The minimum Gasteiger partial charge on any atom is -0.396 e. The fourth-order valence-corrected chi connectivity index (χ4v) is 1.08. The Labute approximate surface area is 58.1 Å². The van der Waals surface area contributed by atoms with Gasteiger partial charge >= 0.3 is 0 Å². The van der Waals surface area contributed by atoms with Crippen LogP contribution in [0.15, 0.2) is 0 Å². The molecule has 0 saturated carbocycles. The largest absolute Gasteiger partial charge is 0.396 e. The SMILES string of the molecule is CCC[C@H](C)CCCO. The Hall–Kier alpha value is -0.0400. The summed E-state index contributed by atoms with van der Waals surface area (Å²) in [6, 6.07) is 0. The molecule has 0 bridgehead atoms. The molecular weight excluding hydrogens is 112 g/mol. The molecule has 1 nitrogen and oxygen atoms in total. The number of aliphatic hydroxyl groups excluding tert-OH is 1. The van der Waals surface area contributed by atoms with Crippen molar-refractivity contribution in [3.8, 4) is 0 Å². The van der Waals surface area contributed by atoms with Gasteiger partial charge in [-0.15, -0.1) is 0 Å². The lowest BCUT2D eigenvalue weighted by Crippen LogP contribution is -1.95. The van der Waals surface area contributed by atoms with Crippen LogP contribution in [0.5, 0.6) is 0 Å². The predicted molar refractivity (Wildman–Crippen MR) is 40.4 cm³/mol. The van der Waals surface area contributed by atoms with E-state index in [1.807, 2.05) is 0 Å². The summed E-state index contributed by atoms with van der Waals surface area (Å²) < 4.78 is 0. The second-order valence-electron chi connectivity index (χ2n) is 2.76. The number of aliphatic hydroxyl groups is 1. The summed E-state index contributed by atoms with van der Waals surface area (Å²) in [6.07, 6.45) is 4.73. The molecule has 0 spiro atoms. The molecule has 1 atom stereocenters. The highest BCUT2D eigenvalue weighted by atomic mass is 16.2.